The van der Waals surface area contributed by atoms with Gasteiger partial charge < -0.3 is 5.32 Å². The second-order valence-electron chi connectivity index (χ2n) is 3.95. The van der Waals surface area contributed by atoms with Crippen LogP contribution in [-0.4, -0.2) is 16.4 Å². The van der Waals surface area contributed by atoms with E-state index in [1.165, 1.54) is 0 Å². The van der Waals surface area contributed by atoms with Crippen molar-refractivity contribution in [1.82, 2.24) is 15.3 Å². The van der Waals surface area contributed by atoms with E-state index in [9.17, 15) is 4.79 Å². The highest BCUT2D eigenvalue weighted by Crippen LogP contribution is 2.18. The fourth-order valence-electron chi connectivity index (χ4n) is 1.97. The Morgan fingerprint density at radius 3 is 2.44 bits per heavy atom. The first-order chi connectivity index (χ1) is 8.88. The number of hydrogen-bond donors (Lipinski definition) is 1. The SMILES string of the molecule is O=[C]NCc1cccc2nc3ccccc3nc12. The van der Waals surface area contributed by atoms with E-state index in [0.717, 1.165) is 27.6 Å². The number of amides is 1. The van der Waals surface area contributed by atoms with Gasteiger partial charge in [-0.15, -0.1) is 0 Å². The maximum atomic E-state index is 10.3. The van der Waals surface area contributed by atoms with Gasteiger partial charge in [-0.05, 0) is 23.8 Å². The number of hydrogen-bond acceptors (Lipinski definition) is 3. The van der Waals surface area contributed by atoms with E-state index in [0.29, 0.717) is 6.54 Å². The minimum atomic E-state index is 0.411. The van der Waals surface area contributed by atoms with Crippen LogP contribution in [0.3, 0.4) is 0 Å². The molecule has 4 nitrogen and oxygen atoms in total. The van der Waals surface area contributed by atoms with Crippen LogP contribution in [0.1, 0.15) is 5.56 Å². The molecule has 0 spiro atoms. The lowest BCUT2D eigenvalue weighted by Gasteiger charge is -2.05. The smallest absolute Gasteiger partial charge is 0.309 e. The second kappa shape index (κ2) is 4.41. The van der Waals surface area contributed by atoms with E-state index in [4.69, 9.17) is 0 Å². The van der Waals surface area contributed by atoms with Gasteiger partial charge in [0.1, 0.15) is 0 Å². The topological polar surface area (TPSA) is 54.9 Å². The summed E-state index contributed by atoms with van der Waals surface area (Å²) >= 11 is 0. The molecule has 4 heteroatoms. The van der Waals surface area contributed by atoms with E-state index in [-0.39, 0.29) is 0 Å². The van der Waals surface area contributed by atoms with Crippen molar-refractivity contribution in [3.8, 4) is 0 Å². The zero-order chi connectivity index (χ0) is 12.4. The van der Waals surface area contributed by atoms with Crippen molar-refractivity contribution in [2.45, 2.75) is 6.54 Å². The molecule has 1 radical (unpaired) electrons. The highest BCUT2D eigenvalue weighted by molar-refractivity contribution is 5.87. The average molecular weight is 236 g/mol. The van der Waals surface area contributed by atoms with Crippen molar-refractivity contribution >= 4 is 28.5 Å². The largest absolute Gasteiger partial charge is 0.344 e. The van der Waals surface area contributed by atoms with Crippen LogP contribution in [0.4, 0.5) is 0 Å². The van der Waals surface area contributed by atoms with E-state index in [2.05, 4.69) is 15.3 Å². The number of aromatic nitrogens is 2. The van der Waals surface area contributed by atoms with Crippen LogP contribution in [0.25, 0.3) is 22.1 Å². The lowest BCUT2D eigenvalue weighted by molar-refractivity contribution is 0.542. The van der Waals surface area contributed by atoms with Gasteiger partial charge in [0.2, 0.25) is 0 Å². The molecule has 0 saturated heterocycles. The summed E-state index contributed by atoms with van der Waals surface area (Å²) in [6.07, 6.45) is 1.67. The molecule has 1 heterocycles. The Bertz CT molecular complexity index is 724. The predicted molar refractivity (Wildman–Crippen MR) is 69.6 cm³/mol. The van der Waals surface area contributed by atoms with Gasteiger partial charge in [-0.3, -0.25) is 4.79 Å². The van der Waals surface area contributed by atoms with Crippen LogP contribution >= 0.6 is 0 Å². The molecule has 0 aliphatic heterocycles. The van der Waals surface area contributed by atoms with Crippen LogP contribution < -0.4 is 5.32 Å². The molecule has 1 amide bonds. The molecular weight excluding hydrogens is 226 g/mol. The molecule has 0 fully saturated rings. The summed E-state index contributed by atoms with van der Waals surface area (Å²) in [4.78, 5) is 19.4. The van der Waals surface area contributed by atoms with Gasteiger partial charge in [0.05, 0.1) is 22.1 Å². The predicted octanol–water partition coefficient (Wildman–Crippen LogP) is 1.94. The molecule has 3 aromatic rings. The number of para-hydroxylation sites is 3. The van der Waals surface area contributed by atoms with Crippen molar-refractivity contribution in [3.05, 3.63) is 48.0 Å². The van der Waals surface area contributed by atoms with Gasteiger partial charge in [-0.25, -0.2) is 9.97 Å². The molecule has 2 aromatic carbocycles. The number of benzene rings is 2. The molecule has 1 N–H and O–H groups in total. The maximum absolute atomic E-state index is 10.3. The minimum Gasteiger partial charge on any atom is -0.344 e. The van der Waals surface area contributed by atoms with Crippen molar-refractivity contribution in [3.63, 3.8) is 0 Å². The Hall–Kier alpha value is -2.49. The van der Waals surface area contributed by atoms with Crippen molar-refractivity contribution < 1.29 is 4.79 Å². The zero-order valence-corrected chi connectivity index (χ0v) is 9.55. The fourth-order valence-corrected chi connectivity index (χ4v) is 1.97. The number of nitrogens with zero attached hydrogens (tertiary/aromatic N) is 2. The van der Waals surface area contributed by atoms with Crippen molar-refractivity contribution in [2.24, 2.45) is 0 Å². The number of nitrogens with one attached hydrogen (secondary N) is 1. The molecule has 0 unspecified atom stereocenters. The molecule has 18 heavy (non-hydrogen) atoms. The normalized spacial score (nSPS) is 10.7. The van der Waals surface area contributed by atoms with Gasteiger partial charge in [0.25, 0.3) is 0 Å². The molecule has 0 aliphatic rings. The Morgan fingerprint density at radius 1 is 0.944 bits per heavy atom. The van der Waals surface area contributed by atoms with Gasteiger partial charge in [0, 0.05) is 6.54 Å². The number of rotatable bonds is 3. The molecule has 0 bridgehead atoms. The third-order valence-electron chi connectivity index (χ3n) is 2.80. The number of carbonyl (C=O) groups excluding carboxylic acids is 1. The Labute approximate surface area is 104 Å². The first-order valence-corrected chi connectivity index (χ1v) is 5.63. The second-order valence-corrected chi connectivity index (χ2v) is 3.95. The van der Waals surface area contributed by atoms with Crippen molar-refractivity contribution in [2.75, 3.05) is 0 Å². The third kappa shape index (κ3) is 1.78. The minimum absolute atomic E-state index is 0.411. The van der Waals surface area contributed by atoms with Gasteiger partial charge in [0.15, 0.2) is 0 Å². The van der Waals surface area contributed by atoms with Gasteiger partial charge in [-0.2, -0.15) is 0 Å². The van der Waals surface area contributed by atoms with Crippen LogP contribution in [-0.2, 0) is 11.3 Å². The van der Waals surface area contributed by atoms with Crippen LogP contribution in [0.2, 0.25) is 0 Å². The fraction of sp³-hybridized carbons (Fsp3) is 0.0714. The summed E-state index contributed by atoms with van der Waals surface area (Å²) in [5, 5.41) is 2.53. The molecule has 3 rings (SSSR count). The summed E-state index contributed by atoms with van der Waals surface area (Å²) in [5.74, 6) is 0. The third-order valence-corrected chi connectivity index (χ3v) is 2.80. The lowest BCUT2D eigenvalue weighted by Crippen LogP contribution is -2.10. The lowest BCUT2D eigenvalue weighted by atomic mass is 10.1. The summed E-state index contributed by atoms with van der Waals surface area (Å²) in [7, 11) is 0. The molecule has 1 aromatic heterocycles. The molecule has 0 aliphatic carbocycles. The summed E-state index contributed by atoms with van der Waals surface area (Å²) < 4.78 is 0. The highest BCUT2D eigenvalue weighted by atomic mass is 16.1. The summed E-state index contributed by atoms with van der Waals surface area (Å²) in [5.41, 5.74) is 4.32. The molecule has 87 valence electrons. The number of fused-ring (bicyclic) bond motifs is 2. The van der Waals surface area contributed by atoms with E-state index >= 15 is 0 Å². The molecule has 0 atom stereocenters. The van der Waals surface area contributed by atoms with E-state index in [1.54, 1.807) is 6.41 Å². The first-order valence-electron chi connectivity index (χ1n) is 5.63. The van der Waals surface area contributed by atoms with Crippen LogP contribution in [0, 0.1) is 0 Å². The average Bonchev–Trinajstić information content (AvgIpc) is 2.43. The van der Waals surface area contributed by atoms with Gasteiger partial charge >= 0.3 is 6.41 Å². The Kier molecular flexibility index (Phi) is 2.61. The van der Waals surface area contributed by atoms with Crippen molar-refractivity contribution in [1.29, 1.82) is 0 Å². The standard InChI is InChI=1S/C14H10N3O/c18-9-15-8-10-4-3-7-13-14(10)17-12-6-2-1-5-11(12)16-13/h1-7H,8H2,(H,15,18). The zero-order valence-electron chi connectivity index (χ0n) is 9.55. The Morgan fingerprint density at radius 2 is 1.67 bits per heavy atom. The van der Waals surface area contributed by atoms with E-state index in [1.807, 2.05) is 42.5 Å². The van der Waals surface area contributed by atoms with E-state index < -0.39 is 0 Å². The van der Waals surface area contributed by atoms with Crippen LogP contribution in [0.15, 0.2) is 42.5 Å². The molecular formula is C14H10N3O. The Balaban J connectivity index is 2.25. The highest BCUT2D eigenvalue weighted by Gasteiger charge is 2.05. The quantitative estimate of drug-likeness (QED) is 0.558. The van der Waals surface area contributed by atoms with Crippen LogP contribution in [0.5, 0.6) is 0 Å². The summed E-state index contributed by atoms with van der Waals surface area (Å²) in [6, 6.07) is 13.5. The first kappa shape index (κ1) is 10.7. The molecule has 0 saturated carbocycles. The maximum Gasteiger partial charge on any atom is 0.309 e. The van der Waals surface area contributed by atoms with Gasteiger partial charge in [-0.1, -0.05) is 24.3 Å². The summed E-state index contributed by atoms with van der Waals surface area (Å²) in [6.45, 7) is 0.411. The monoisotopic (exact) mass is 236 g/mol.